The number of amides is 1. The van der Waals surface area contributed by atoms with Gasteiger partial charge < -0.3 is 10.1 Å². The van der Waals surface area contributed by atoms with E-state index < -0.39 is 23.8 Å². The van der Waals surface area contributed by atoms with Gasteiger partial charge in [0, 0.05) is 23.8 Å². The van der Waals surface area contributed by atoms with Crippen LogP contribution in [0.25, 0.3) is 0 Å². The van der Waals surface area contributed by atoms with E-state index >= 15 is 0 Å². The maximum absolute atomic E-state index is 13.2. The number of ether oxygens (including phenoxy) is 1. The topological polar surface area (TPSA) is 71.5 Å². The van der Waals surface area contributed by atoms with E-state index in [0.29, 0.717) is 18.7 Å². The van der Waals surface area contributed by atoms with Gasteiger partial charge in [-0.3, -0.25) is 19.5 Å². The number of nitrogens with one attached hydrogen (secondary N) is 1. The number of rotatable bonds is 8. The third-order valence-electron chi connectivity index (χ3n) is 6.79. The molecule has 1 aliphatic heterocycles. The van der Waals surface area contributed by atoms with E-state index in [1.54, 1.807) is 6.07 Å². The molecule has 39 heavy (non-hydrogen) atoms. The largest absolute Gasteiger partial charge is 0.469 e. The van der Waals surface area contributed by atoms with Gasteiger partial charge in [-0.2, -0.15) is 13.2 Å². The average molecular weight is 604 g/mol. The van der Waals surface area contributed by atoms with E-state index in [4.69, 9.17) is 4.74 Å². The molecule has 1 aliphatic rings. The van der Waals surface area contributed by atoms with Gasteiger partial charge in [0.2, 0.25) is 0 Å². The summed E-state index contributed by atoms with van der Waals surface area (Å²) in [4.78, 5) is 32.1. The summed E-state index contributed by atoms with van der Waals surface area (Å²) < 4.78 is 44.6. The second-order valence-electron chi connectivity index (χ2n) is 9.91. The Morgan fingerprint density at radius 2 is 1.79 bits per heavy atom. The maximum atomic E-state index is 13.2. The molecule has 10 heteroatoms. The van der Waals surface area contributed by atoms with Gasteiger partial charge in [0.1, 0.15) is 0 Å². The molecule has 1 amide bonds. The molecule has 1 N–H and O–H groups in total. The van der Waals surface area contributed by atoms with E-state index in [-0.39, 0.29) is 24.3 Å². The molecule has 2 heterocycles. The molecule has 0 fully saturated rings. The van der Waals surface area contributed by atoms with Gasteiger partial charge in [-0.1, -0.05) is 54.0 Å². The standard InChI is InChI=1S/C29H29BrF3N3O3/c1-17(2)27-26-21(16-36(27)15-18-4-8-22(9-5-18)29(31,32)33)12-20(14-34-26)28(38)35-24(13-25(37)39-3)19-6-10-23(30)11-7-19/h4-12,14,17,24,27H,13,15-16H2,1-3H3,(H,35,38). The van der Waals surface area contributed by atoms with Gasteiger partial charge in [-0.05, 0) is 52.9 Å². The van der Waals surface area contributed by atoms with Crippen molar-refractivity contribution in [3.8, 4) is 0 Å². The van der Waals surface area contributed by atoms with Crippen molar-refractivity contribution in [1.82, 2.24) is 15.2 Å². The predicted octanol–water partition coefficient (Wildman–Crippen LogP) is 6.61. The highest BCUT2D eigenvalue weighted by Gasteiger charge is 2.35. The summed E-state index contributed by atoms with van der Waals surface area (Å²) in [5.74, 6) is -0.631. The minimum absolute atomic E-state index is 0.0292. The second-order valence-corrected chi connectivity index (χ2v) is 10.8. The molecule has 0 saturated carbocycles. The Labute approximate surface area is 233 Å². The van der Waals surface area contributed by atoms with Crippen LogP contribution in [0, 0.1) is 5.92 Å². The zero-order valence-electron chi connectivity index (χ0n) is 21.8. The van der Waals surface area contributed by atoms with Gasteiger partial charge in [0.05, 0.1) is 42.4 Å². The second kappa shape index (κ2) is 11.9. The Morgan fingerprint density at radius 3 is 2.38 bits per heavy atom. The van der Waals surface area contributed by atoms with Crippen LogP contribution in [0.4, 0.5) is 13.2 Å². The molecule has 2 atom stereocenters. The lowest BCUT2D eigenvalue weighted by molar-refractivity contribution is -0.141. The number of carbonyl (C=O) groups is 2. The number of carbonyl (C=O) groups excluding carboxylic acids is 2. The molecule has 0 radical (unpaired) electrons. The van der Waals surface area contributed by atoms with Crippen LogP contribution < -0.4 is 5.32 Å². The number of benzene rings is 2. The number of alkyl halides is 3. The first-order valence-corrected chi connectivity index (χ1v) is 13.3. The predicted molar refractivity (Wildman–Crippen MR) is 143 cm³/mol. The van der Waals surface area contributed by atoms with Gasteiger partial charge in [0.15, 0.2) is 0 Å². The summed E-state index contributed by atoms with van der Waals surface area (Å²) in [6.45, 7) is 5.09. The van der Waals surface area contributed by atoms with Crippen LogP contribution in [-0.4, -0.2) is 28.9 Å². The van der Waals surface area contributed by atoms with Crippen molar-refractivity contribution in [1.29, 1.82) is 0 Å². The first-order valence-electron chi connectivity index (χ1n) is 12.5. The monoisotopic (exact) mass is 603 g/mol. The van der Waals surface area contributed by atoms with E-state index in [1.165, 1.54) is 25.4 Å². The molecule has 0 spiro atoms. The Kier molecular flexibility index (Phi) is 8.76. The van der Waals surface area contributed by atoms with E-state index in [2.05, 4.69) is 45.0 Å². The van der Waals surface area contributed by atoms with Gasteiger partial charge in [-0.25, -0.2) is 0 Å². The third kappa shape index (κ3) is 6.86. The Morgan fingerprint density at radius 1 is 1.13 bits per heavy atom. The highest BCUT2D eigenvalue weighted by atomic mass is 79.9. The number of hydrogen-bond donors (Lipinski definition) is 1. The molecule has 206 valence electrons. The minimum atomic E-state index is -4.38. The number of hydrogen-bond acceptors (Lipinski definition) is 5. The number of esters is 1. The molecule has 4 rings (SSSR count). The van der Waals surface area contributed by atoms with Crippen LogP contribution >= 0.6 is 15.9 Å². The number of aromatic nitrogens is 1. The van der Waals surface area contributed by atoms with Crippen LogP contribution in [0.15, 0.2) is 65.3 Å². The molecule has 0 aliphatic carbocycles. The first kappa shape index (κ1) is 28.8. The zero-order valence-corrected chi connectivity index (χ0v) is 23.3. The number of fused-ring (bicyclic) bond motifs is 1. The summed E-state index contributed by atoms with van der Waals surface area (Å²) in [6.07, 6.45) is -2.88. The Balaban J connectivity index is 1.53. The van der Waals surface area contributed by atoms with Crippen molar-refractivity contribution in [2.24, 2.45) is 5.92 Å². The van der Waals surface area contributed by atoms with Crippen LogP contribution in [0.1, 0.15) is 70.7 Å². The van der Waals surface area contributed by atoms with Crippen LogP contribution in [0.2, 0.25) is 0 Å². The summed E-state index contributed by atoms with van der Waals surface area (Å²) >= 11 is 3.39. The fraction of sp³-hybridized carbons (Fsp3) is 0.345. The number of methoxy groups -OCH3 is 1. The van der Waals surface area contributed by atoms with Crippen molar-refractivity contribution < 1.29 is 27.5 Å². The van der Waals surface area contributed by atoms with Crippen molar-refractivity contribution in [3.63, 3.8) is 0 Å². The molecule has 6 nitrogen and oxygen atoms in total. The maximum Gasteiger partial charge on any atom is 0.416 e. The molecule has 2 aromatic carbocycles. The van der Waals surface area contributed by atoms with Gasteiger partial charge in [0.25, 0.3) is 5.91 Å². The molecular weight excluding hydrogens is 575 g/mol. The molecule has 2 unspecified atom stereocenters. The minimum Gasteiger partial charge on any atom is -0.469 e. The fourth-order valence-electron chi connectivity index (χ4n) is 4.89. The summed E-state index contributed by atoms with van der Waals surface area (Å²) in [6, 6.07) is 13.7. The number of nitrogens with zero attached hydrogens (tertiary/aromatic N) is 2. The fourth-order valence-corrected chi connectivity index (χ4v) is 5.16. The van der Waals surface area contributed by atoms with Crippen molar-refractivity contribution in [3.05, 3.63) is 98.8 Å². The molecule has 0 bridgehead atoms. The van der Waals surface area contributed by atoms with Gasteiger partial charge in [-0.15, -0.1) is 0 Å². The molecule has 3 aromatic rings. The third-order valence-corrected chi connectivity index (χ3v) is 7.31. The summed E-state index contributed by atoms with van der Waals surface area (Å²) in [7, 11) is 1.30. The summed E-state index contributed by atoms with van der Waals surface area (Å²) in [5, 5.41) is 2.93. The van der Waals surface area contributed by atoms with Crippen LogP contribution in [-0.2, 0) is 28.8 Å². The van der Waals surface area contributed by atoms with Gasteiger partial charge >= 0.3 is 12.1 Å². The van der Waals surface area contributed by atoms with Crippen molar-refractivity contribution in [2.45, 2.75) is 51.6 Å². The molecular formula is C29H29BrF3N3O3. The van der Waals surface area contributed by atoms with Crippen LogP contribution in [0.3, 0.4) is 0 Å². The zero-order chi connectivity index (χ0) is 28.3. The Hall–Kier alpha value is -3.24. The molecule has 0 saturated heterocycles. The average Bonchev–Trinajstić information content (AvgIpc) is 3.25. The van der Waals surface area contributed by atoms with Crippen molar-refractivity contribution >= 4 is 27.8 Å². The van der Waals surface area contributed by atoms with E-state index in [0.717, 1.165) is 39.0 Å². The van der Waals surface area contributed by atoms with Crippen molar-refractivity contribution in [2.75, 3.05) is 7.11 Å². The lowest BCUT2D eigenvalue weighted by Crippen LogP contribution is -2.30. The smallest absolute Gasteiger partial charge is 0.416 e. The lowest BCUT2D eigenvalue weighted by atomic mass is 9.99. The van der Waals surface area contributed by atoms with Crippen LogP contribution in [0.5, 0.6) is 0 Å². The first-order chi connectivity index (χ1) is 18.5. The number of pyridine rings is 1. The quantitative estimate of drug-likeness (QED) is 0.293. The SMILES string of the molecule is COC(=O)CC(NC(=O)c1cnc2c(c1)CN(Cc1ccc(C(F)(F)F)cc1)C2C(C)C)c1ccc(Br)cc1. The lowest BCUT2D eigenvalue weighted by Gasteiger charge is -2.27. The highest BCUT2D eigenvalue weighted by Crippen LogP contribution is 2.39. The summed E-state index contributed by atoms with van der Waals surface area (Å²) in [5.41, 5.74) is 2.95. The normalized spacial score (nSPS) is 16.2. The Bertz CT molecular complexity index is 1330. The highest BCUT2D eigenvalue weighted by molar-refractivity contribution is 9.10. The van der Waals surface area contributed by atoms with E-state index in [9.17, 15) is 22.8 Å². The van der Waals surface area contributed by atoms with E-state index in [1.807, 2.05) is 24.3 Å². The molecule has 1 aromatic heterocycles. The number of halogens is 4.